The lowest BCUT2D eigenvalue weighted by atomic mass is 10.2. The molecule has 1 saturated heterocycles. The van der Waals surface area contributed by atoms with Crippen molar-refractivity contribution in [3.63, 3.8) is 0 Å². The van der Waals surface area contributed by atoms with Gasteiger partial charge in [0.2, 0.25) is 5.91 Å². The van der Waals surface area contributed by atoms with Gasteiger partial charge in [-0.15, -0.1) is 0 Å². The summed E-state index contributed by atoms with van der Waals surface area (Å²) in [6.07, 6.45) is 7.50. The van der Waals surface area contributed by atoms with Crippen molar-refractivity contribution in [3.8, 4) is 0 Å². The highest BCUT2D eigenvalue weighted by molar-refractivity contribution is 5.81. The van der Waals surface area contributed by atoms with Crippen molar-refractivity contribution in [2.24, 2.45) is 0 Å². The summed E-state index contributed by atoms with van der Waals surface area (Å²) >= 11 is 0. The second kappa shape index (κ2) is 6.21. The van der Waals surface area contributed by atoms with Crippen LogP contribution in [0.1, 0.15) is 38.5 Å². The molecule has 1 aliphatic heterocycles. The Morgan fingerprint density at radius 1 is 1.25 bits per heavy atom. The van der Waals surface area contributed by atoms with Crippen LogP contribution in [0.15, 0.2) is 0 Å². The predicted molar refractivity (Wildman–Crippen MR) is 62.2 cm³/mol. The smallest absolute Gasteiger partial charge is 0.237 e. The van der Waals surface area contributed by atoms with Crippen molar-refractivity contribution < 1.29 is 9.53 Å². The van der Waals surface area contributed by atoms with Crippen molar-refractivity contribution in [2.75, 3.05) is 19.7 Å². The lowest BCUT2D eigenvalue weighted by molar-refractivity contribution is -0.123. The summed E-state index contributed by atoms with van der Waals surface area (Å²) in [5.74, 6) is 0.132. The Balaban J connectivity index is 1.51. The van der Waals surface area contributed by atoms with Gasteiger partial charge in [-0.1, -0.05) is 12.8 Å². The number of carbonyl (C=O) groups is 1. The highest BCUT2D eigenvalue weighted by Gasteiger charge is 2.21. The first-order chi connectivity index (χ1) is 7.86. The number of hydrogen-bond donors (Lipinski definition) is 2. The maximum atomic E-state index is 11.6. The van der Waals surface area contributed by atoms with E-state index in [1.165, 1.54) is 25.7 Å². The molecule has 2 fully saturated rings. The largest absolute Gasteiger partial charge is 0.376 e. The van der Waals surface area contributed by atoms with E-state index in [0.717, 1.165) is 19.4 Å². The summed E-state index contributed by atoms with van der Waals surface area (Å²) in [7, 11) is 0. The molecule has 0 radical (unpaired) electrons. The fourth-order valence-electron chi connectivity index (χ4n) is 2.49. The maximum absolute atomic E-state index is 11.6. The van der Waals surface area contributed by atoms with E-state index >= 15 is 0 Å². The molecule has 1 amide bonds. The minimum atomic E-state index is 0.0338. The van der Waals surface area contributed by atoms with Gasteiger partial charge in [0.1, 0.15) is 0 Å². The van der Waals surface area contributed by atoms with E-state index in [9.17, 15) is 4.79 Å². The minimum absolute atomic E-state index is 0.0338. The van der Waals surface area contributed by atoms with Crippen LogP contribution >= 0.6 is 0 Å². The van der Waals surface area contributed by atoms with E-state index < -0.39 is 0 Å². The first kappa shape index (κ1) is 11.9. The van der Waals surface area contributed by atoms with E-state index in [4.69, 9.17) is 4.74 Å². The van der Waals surface area contributed by atoms with Gasteiger partial charge in [-0.25, -0.2) is 0 Å². The van der Waals surface area contributed by atoms with Crippen molar-refractivity contribution in [2.45, 2.75) is 50.7 Å². The monoisotopic (exact) mass is 226 g/mol. The fourth-order valence-corrected chi connectivity index (χ4v) is 2.49. The topological polar surface area (TPSA) is 50.4 Å². The second-order valence-corrected chi connectivity index (χ2v) is 4.72. The molecule has 2 aliphatic rings. The molecule has 0 aromatic rings. The Morgan fingerprint density at radius 2 is 2.06 bits per heavy atom. The average molecular weight is 226 g/mol. The third-order valence-corrected chi connectivity index (χ3v) is 3.43. The molecule has 1 saturated carbocycles. The molecule has 92 valence electrons. The van der Waals surface area contributed by atoms with Crippen LogP contribution in [0.25, 0.3) is 0 Å². The normalized spacial score (nSPS) is 26.1. The van der Waals surface area contributed by atoms with Crippen LogP contribution in [-0.2, 0) is 9.53 Å². The Bertz CT molecular complexity index is 221. The Labute approximate surface area is 97.1 Å². The SMILES string of the molecule is O=C(NCCOC1CCCC1)[C@@H]1CCCN1. The number of nitrogens with one attached hydrogen (secondary N) is 2. The molecule has 1 heterocycles. The molecule has 4 nitrogen and oxygen atoms in total. The highest BCUT2D eigenvalue weighted by Crippen LogP contribution is 2.20. The number of carbonyl (C=O) groups excluding carboxylic acids is 1. The molecule has 0 bridgehead atoms. The number of hydrogen-bond acceptors (Lipinski definition) is 3. The van der Waals surface area contributed by atoms with Crippen LogP contribution < -0.4 is 10.6 Å². The van der Waals surface area contributed by atoms with E-state index in [2.05, 4.69) is 10.6 Å². The summed E-state index contributed by atoms with van der Waals surface area (Å²) in [6.45, 7) is 2.27. The van der Waals surface area contributed by atoms with Crippen LogP contribution in [0.3, 0.4) is 0 Å². The molecule has 4 heteroatoms. The van der Waals surface area contributed by atoms with Gasteiger partial charge in [0.15, 0.2) is 0 Å². The third-order valence-electron chi connectivity index (χ3n) is 3.43. The maximum Gasteiger partial charge on any atom is 0.237 e. The minimum Gasteiger partial charge on any atom is -0.376 e. The predicted octanol–water partition coefficient (Wildman–Crippen LogP) is 0.814. The highest BCUT2D eigenvalue weighted by atomic mass is 16.5. The van der Waals surface area contributed by atoms with E-state index in [-0.39, 0.29) is 11.9 Å². The standard InChI is InChI=1S/C12H22N2O2/c15-12(11-6-3-7-13-11)14-8-9-16-10-4-1-2-5-10/h10-11,13H,1-9H2,(H,14,15)/t11-/m0/s1. The van der Waals surface area contributed by atoms with Crippen LogP contribution in [0, 0.1) is 0 Å². The second-order valence-electron chi connectivity index (χ2n) is 4.72. The first-order valence-corrected chi connectivity index (χ1v) is 6.49. The lowest BCUT2D eigenvalue weighted by Gasteiger charge is -2.13. The Morgan fingerprint density at radius 3 is 2.75 bits per heavy atom. The summed E-state index contributed by atoms with van der Waals surface area (Å²) in [5, 5.41) is 6.11. The van der Waals surface area contributed by atoms with Gasteiger partial charge in [-0.3, -0.25) is 4.79 Å². The van der Waals surface area contributed by atoms with Crippen LogP contribution in [0.2, 0.25) is 0 Å². The van der Waals surface area contributed by atoms with Gasteiger partial charge >= 0.3 is 0 Å². The number of amides is 1. The molecule has 1 atom stereocenters. The third kappa shape index (κ3) is 3.46. The molecule has 2 N–H and O–H groups in total. The van der Waals surface area contributed by atoms with Gasteiger partial charge in [0.25, 0.3) is 0 Å². The molecular weight excluding hydrogens is 204 g/mol. The molecule has 0 aromatic carbocycles. The van der Waals surface area contributed by atoms with Crippen molar-refractivity contribution in [1.29, 1.82) is 0 Å². The number of ether oxygens (including phenoxy) is 1. The van der Waals surface area contributed by atoms with Crippen LogP contribution in [0.4, 0.5) is 0 Å². The zero-order valence-corrected chi connectivity index (χ0v) is 9.84. The molecule has 0 spiro atoms. The quantitative estimate of drug-likeness (QED) is 0.682. The first-order valence-electron chi connectivity index (χ1n) is 6.49. The van der Waals surface area contributed by atoms with E-state index in [1.54, 1.807) is 0 Å². The van der Waals surface area contributed by atoms with Gasteiger partial charge in [-0.05, 0) is 32.2 Å². The summed E-state index contributed by atoms with van der Waals surface area (Å²) in [5.41, 5.74) is 0. The average Bonchev–Trinajstić information content (AvgIpc) is 2.96. The van der Waals surface area contributed by atoms with Gasteiger partial charge in [0, 0.05) is 6.54 Å². The van der Waals surface area contributed by atoms with Crippen molar-refractivity contribution in [3.05, 3.63) is 0 Å². The summed E-state index contributed by atoms with van der Waals surface area (Å²) in [4.78, 5) is 11.6. The molecular formula is C12H22N2O2. The molecule has 1 aliphatic carbocycles. The fraction of sp³-hybridized carbons (Fsp3) is 0.917. The van der Waals surface area contributed by atoms with E-state index in [1.807, 2.05) is 0 Å². The van der Waals surface area contributed by atoms with Gasteiger partial charge < -0.3 is 15.4 Å². The number of rotatable bonds is 5. The molecule has 0 unspecified atom stereocenters. The molecule has 0 aromatic heterocycles. The van der Waals surface area contributed by atoms with Crippen LogP contribution in [-0.4, -0.2) is 37.7 Å². The Kier molecular flexibility index (Phi) is 4.60. The van der Waals surface area contributed by atoms with Gasteiger partial charge in [-0.2, -0.15) is 0 Å². The Hall–Kier alpha value is -0.610. The lowest BCUT2D eigenvalue weighted by Crippen LogP contribution is -2.41. The van der Waals surface area contributed by atoms with Crippen LogP contribution in [0.5, 0.6) is 0 Å². The van der Waals surface area contributed by atoms with Crippen molar-refractivity contribution in [1.82, 2.24) is 10.6 Å². The van der Waals surface area contributed by atoms with Gasteiger partial charge in [0.05, 0.1) is 18.8 Å². The van der Waals surface area contributed by atoms with Crippen molar-refractivity contribution >= 4 is 5.91 Å². The zero-order valence-electron chi connectivity index (χ0n) is 9.84. The van der Waals surface area contributed by atoms with E-state index in [0.29, 0.717) is 19.3 Å². The summed E-state index contributed by atoms with van der Waals surface area (Å²) in [6, 6.07) is 0.0338. The molecule has 2 rings (SSSR count). The molecule has 16 heavy (non-hydrogen) atoms. The zero-order chi connectivity index (χ0) is 11.2. The summed E-state index contributed by atoms with van der Waals surface area (Å²) < 4.78 is 5.68.